The first-order chi connectivity index (χ1) is 7.24. The van der Waals surface area contributed by atoms with Crippen molar-refractivity contribution in [2.45, 2.75) is 46.5 Å². The smallest absolute Gasteiger partial charge is 0.0340 e. The van der Waals surface area contributed by atoms with Crippen molar-refractivity contribution in [3.63, 3.8) is 0 Å². The molecule has 0 aliphatic rings. The highest BCUT2D eigenvalue weighted by Gasteiger charge is 2.27. The van der Waals surface area contributed by atoms with Crippen molar-refractivity contribution >= 4 is 5.69 Å². The van der Waals surface area contributed by atoms with Gasteiger partial charge in [0.15, 0.2) is 0 Å². The molecule has 0 aliphatic carbocycles. The van der Waals surface area contributed by atoms with Gasteiger partial charge >= 0.3 is 0 Å². The van der Waals surface area contributed by atoms with Gasteiger partial charge in [-0.15, -0.1) is 0 Å². The normalized spacial score (nSPS) is 12.6. The Bertz CT molecular complexity index is 345. The first kappa shape index (κ1) is 13.1. The Kier molecular flexibility index (Phi) is 3.67. The molecule has 1 N–H and O–H groups in total. The molecular weight excluding hydrogens is 194 g/mol. The highest BCUT2D eigenvalue weighted by Crippen LogP contribution is 2.36. The molecule has 1 rings (SSSR count). The Morgan fingerprint density at radius 3 is 2.19 bits per heavy atom. The number of anilines is 1. The van der Waals surface area contributed by atoms with E-state index in [9.17, 15) is 0 Å². The molecular formula is C15H25N. The average Bonchev–Trinajstić information content (AvgIpc) is 2.14. The van der Waals surface area contributed by atoms with Crippen LogP contribution in [0.3, 0.4) is 0 Å². The summed E-state index contributed by atoms with van der Waals surface area (Å²) in [5, 5.41) is 3.20. The van der Waals surface area contributed by atoms with Gasteiger partial charge < -0.3 is 5.32 Å². The zero-order valence-electron chi connectivity index (χ0n) is 11.5. The van der Waals surface area contributed by atoms with Crippen LogP contribution in [0.2, 0.25) is 0 Å². The Balaban J connectivity index is 2.97. The predicted molar refractivity (Wildman–Crippen MR) is 73.1 cm³/mol. The van der Waals surface area contributed by atoms with Crippen LogP contribution in [0.5, 0.6) is 0 Å². The molecule has 0 saturated carbocycles. The number of benzene rings is 1. The van der Waals surface area contributed by atoms with Crippen LogP contribution in [0.25, 0.3) is 0 Å². The van der Waals surface area contributed by atoms with E-state index in [2.05, 4.69) is 64.2 Å². The summed E-state index contributed by atoms with van der Waals surface area (Å²) in [4.78, 5) is 0. The molecule has 0 aliphatic heterocycles. The zero-order valence-corrected chi connectivity index (χ0v) is 11.5. The van der Waals surface area contributed by atoms with Gasteiger partial charge in [0.05, 0.1) is 0 Å². The van der Waals surface area contributed by atoms with E-state index < -0.39 is 0 Å². The van der Waals surface area contributed by atoms with Crippen LogP contribution >= 0.6 is 0 Å². The van der Waals surface area contributed by atoms with Crippen molar-refractivity contribution in [2.75, 3.05) is 12.4 Å². The largest absolute Gasteiger partial charge is 0.388 e. The minimum atomic E-state index is 0.227. The summed E-state index contributed by atoms with van der Waals surface area (Å²) < 4.78 is 0. The molecule has 90 valence electrons. The lowest BCUT2D eigenvalue weighted by Crippen LogP contribution is -2.24. The van der Waals surface area contributed by atoms with Crippen LogP contribution in [0, 0.1) is 5.41 Å². The van der Waals surface area contributed by atoms with Gasteiger partial charge in [0.1, 0.15) is 0 Å². The summed E-state index contributed by atoms with van der Waals surface area (Å²) in [5.41, 5.74) is 3.19. The van der Waals surface area contributed by atoms with Crippen LogP contribution < -0.4 is 5.32 Å². The van der Waals surface area contributed by atoms with E-state index in [-0.39, 0.29) is 5.41 Å². The SMILES string of the molecule is CNc1cccc(C(C)(C)CC(C)(C)C)c1. The Labute approximate surface area is 100 Å². The molecule has 0 heterocycles. The van der Waals surface area contributed by atoms with Crippen molar-refractivity contribution in [1.29, 1.82) is 0 Å². The topological polar surface area (TPSA) is 12.0 Å². The minimum absolute atomic E-state index is 0.227. The van der Waals surface area contributed by atoms with Crippen LogP contribution in [-0.4, -0.2) is 7.05 Å². The van der Waals surface area contributed by atoms with Crippen LogP contribution in [0.15, 0.2) is 24.3 Å². The summed E-state index contributed by atoms with van der Waals surface area (Å²) in [6, 6.07) is 8.72. The summed E-state index contributed by atoms with van der Waals surface area (Å²) in [7, 11) is 1.97. The van der Waals surface area contributed by atoms with Crippen molar-refractivity contribution in [1.82, 2.24) is 0 Å². The second kappa shape index (κ2) is 4.48. The van der Waals surface area contributed by atoms with Gasteiger partial charge in [-0.3, -0.25) is 0 Å². The molecule has 0 saturated heterocycles. The Morgan fingerprint density at radius 1 is 1.06 bits per heavy atom. The third kappa shape index (κ3) is 3.55. The van der Waals surface area contributed by atoms with Gasteiger partial charge in [0.2, 0.25) is 0 Å². The monoisotopic (exact) mass is 219 g/mol. The van der Waals surface area contributed by atoms with Gasteiger partial charge in [-0.2, -0.15) is 0 Å². The number of hydrogen-bond acceptors (Lipinski definition) is 1. The molecule has 0 spiro atoms. The van der Waals surface area contributed by atoms with E-state index in [1.165, 1.54) is 17.7 Å². The molecule has 1 heteroatoms. The van der Waals surface area contributed by atoms with E-state index in [4.69, 9.17) is 0 Å². The van der Waals surface area contributed by atoms with Crippen molar-refractivity contribution in [2.24, 2.45) is 5.41 Å². The zero-order chi connectivity index (χ0) is 12.4. The molecule has 0 unspecified atom stereocenters. The van der Waals surface area contributed by atoms with E-state index >= 15 is 0 Å². The lowest BCUT2D eigenvalue weighted by molar-refractivity contribution is 0.284. The second-order valence-corrected chi connectivity index (χ2v) is 6.45. The molecule has 0 bridgehead atoms. The van der Waals surface area contributed by atoms with Crippen molar-refractivity contribution in [3.05, 3.63) is 29.8 Å². The first-order valence-corrected chi connectivity index (χ1v) is 6.03. The Morgan fingerprint density at radius 2 is 1.69 bits per heavy atom. The summed E-state index contributed by atoms with van der Waals surface area (Å²) in [5.74, 6) is 0. The van der Waals surface area contributed by atoms with Crippen LogP contribution in [-0.2, 0) is 5.41 Å². The van der Waals surface area contributed by atoms with E-state index in [1.807, 2.05) is 7.05 Å². The van der Waals surface area contributed by atoms with Crippen molar-refractivity contribution < 1.29 is 0 Å². The maximum atomic E-state index is 3.20. The molecule has 0 atom stereocenters. The maximum absolute atomic E-state index is 3.20. The highest BCUT2D eigenvalue weighted by molar-refractivity contribution is 5.46. The number of nitrogens with one attached hydrogen (secondary N) is 1. The second-order valence-electron chi connectivity index (χ2n) is 6.45. The van der Waals surface area contributed by atoms with E-state index in [0.29, 0.717) is 5.41 Å². The minimum Gasteiger partial charge on any atom is -0.388 e. The van der Waals surface area contributed by atoms with E-state index in [1.54, 1.807) is 0 Å². The molecule has 1 nitrogen and oxygen atoms in total. The van der Waals surface area contributed by atoms with Gasteiger partial charge in [0, 0.05) is 12.7 Å². The third-order valence-corrected chi connectivity index (χ3v) is 2.90. The summed E-state index contributed by atoms with van der Waals surface area (Å²) in [6.07, 6.45) is 1.19. The standard InChI is InChI=1S/C15H25N/c1-14(2,3)11-15(4,5)12-8-7-9-13(10-12)16-6/h7-10,16H,11H2,1-6H3. The Hall–Kier alpha value is -0.980. The number of rotatable bonds is 3. The molecule has 1 aromatic carbocycles. The average molecular weight is 219 g/mol. The fourth-order valence-electron chi connectivity index (χ4n) is 2.52. The lowest BCUT2D eigenvalue weighted by Gasteiger charge is -2.33. The van der Waals surface area contributed by atoms with Gasteiger partial charge in [-0.05, 0) is 34.9 Å². The lowest BCUT2D eigenvalue weighted by atomic mass is 9.72. The molecule has 0 radical (unpaired) electrons. The molecule has 0 fully saturated rings. The highest BCUT2D eigenvalue weighted by atomic mass is 14.8. The van der Waals surface area contributed by atoms with Gasteiger partial charge in [-0.1, -0.05) is 46.8 Å². The van der Waals surface area contributed by atoms with Crippen LogP contribution in [0.1, 0.15) is 46.6 Å². The fourth-order valence-corrected chi connectivity index (χ4v) is 2.52. The molecule has 0 aromatic heterocycles. The molecule has 1 aromatic rings. The van der Waals surface area contributed by atoms with Crippen LogP contribution in [0.4, 0.5) is 5.69 Å². The molecule has 0 amide bonds. The van der Waals surface area contributed by atoms with E-state index in [0.717, 1.165) is 0 Å². The van der Waals surface area contributed by atoms with Gasteiger partial charge in [-0.25, -0.2) is 0 Å². The third-order valence-electron chi connectivity index (χ3n) is 2.90. The predicted octanol–water partition coefficient (Wildman–Crippen LogP) is 4.44. The maximum Gasteiger partial charge on any atom is 0.0340 e. The fraction of sp³-hybridized carbons (Fsp3) is 0.600. The first-order valence-electron chi connectivity index (χ1n) is 6.03. The summed E-state index contributed by atoms with van der Waals surface area (Å²) >= 11 is 0. The molecule has 16 heavy (non-hydrogen) atoms. The quantitative estimate of drug-likeness (QED) is 0.792. The number of hydrogen-bond donors (Lipinski definition) is 1. The van der Waals surface area contributed by atoms with Crippen molar-refractivity contribution in [3.8, 4) is 0 Å². The van der Waals surface area contributed by atoms with Gasteiger partial charge in [0.25, 0.3) is 0 Å². The summed E-state index contributed by atoms with van der Waals surface area (Å²) in [6.45, 7) is 11.6.